The molecule has 0 radical (unpaired) electrons. The van der Waals surface area contributed by atoms with Gasteiger partial charge in [0.05, 0.1) is 11.7 Å². The van der Waals surface area contributed by atoms with Crippen molar-refractivity contribution in [2.75, 3.05) is 5.33 Å². The molecule has 15 heavy (non-hydrogen) atoms. The van der Waals surface area contributed by atoms with Crippen LogP contribution in [-0.2, 0) is 4.74 Å². The fourth-order valence-corrected chi connectivity index (χ4v) is 3.73. The highest BCUT2D eigenvalue weighted by Gasteiger charge is 2.43. The van der Waals surface area contributed by atoms with Gasteiger partial charge in [-0.2, -0.15) is 0 Å². The molecule has 2 aliphatic rings. The fourth-order valence-electron chi connectivity index (χ4n) is 3.28. The summed E-state index contributed by atoms with van der Waals surface area (Å²) >= 11 is 3.55. The molecule has 0 bridgehead atoms. The maximum atomic E-state index is 6.27. The normalized spacial score (nSPS) is 41.6. The van der Waals surface area contributed by atoms with Gasteiger partial charge in [-0.3, -0.25) is 0 Å². The molecule has 88 valence electrons. The van der Waals surface area contributed by atoms with Gasteiger partial charge in [0, 0.05) is 5.33 Å². The minimum atomic E-state index is 0.269. The number of ether oxygens (including phenoxy) is 1. The second-order valence-electron chi connectivity index (χ2n) is 5.72. The van der Waals surface area contributed by atoms with Gasteiger partial charge in [0.1, 0.15) is 0 Å². The third-order valence-corrected chi connectivity index (χ3v) is 5.02. The summed E-state index contributed by atoms with van der Waals surface area (Å²) in [6.07, 6.45) is 8.45. The highest BCUT2D eigenvalue weighted by Crippen LogP contribution is 2.46. The van der Waals surface area contributed by atoms with Crippen molar-refractivity contribution in [2.45, 2.75) is 64.1 Å². The third kappa shape index (κ3) is 2.58. The number of alkyl halides is 1. The van der Waals surface area contributed by atoms with Crippen LogP contribution in [-0.4, -0.2) is 17.0 Å². The summed E-state index contributed by atoms with van der Waals surface area (Å²) in [7, 11) is 0. The molecule has 3 atom stereocenters. The molecule has 2 rings (SSSR count). The Hall–Kier alpha value is 0.440. The van der Waals surface area contributed by atoms with Crippen molar-refractivity contribution in [3.05, 3.63) is 0 Å². The van der Waals surface area contributed by atoms with Gasteiger partial charge in [-0.1, -0.05) is 36.2 Å². The highest BCUT2D eigenvalue weighted by molar-refractivity contribution is 9.09. The van der Waals surface area contributed by atoms with Gasteiger partial charge in [-0.25, -0.2) is 0 Å². The first-order chi connectivity index (χ1) is 7.15. The van der Waals surface area contributed by atoms with E-state index in [9.17, 15) is 0 Å². The van der Waals surface area contributed by atoms with Crippen LogP contribution in [0.4, 0.5) is 0 Å². The molecule has 3 unspecified atom stereocenters. The van der Waals surface area contributed by atoms with Gasteiger partial charge >= 0.3 is 0 Å². The molecule has 1 aliphatic carbocycles. The third-order valence-electron chi connectivity index (χ3n) is 4.30. The van der Waals surface area contributed by atoms with E-state index in [0.717, 1.165) is 17.2 Å². The minimum absolute atomic E-state index is 0.269. The molecule has 0 N–H and O–H groups in total. The smallest absolute Gasteiger partial charge is 0.0690 e. The first kappa shape index (κ1) is 11.9. The van der Waals surface area contributed by atoms with Crippen LogP contribution in [0.2, 0.25) is 0 Å². The van der Waals surface area contributed by atoms with Crippen molar-refractivity contribution in [3.8, 4) is 0 Å². The molecule has 1 heterocycles. The lowest BCUT2D eigenvalue weighted by atomic mass is 9.72. The summed E-state index contributed by atoms with van der Waals surface area (Å²) in [4.78, 5) is 0. The van der Waals surface area contributed by atoms with Crippen molar-refractivity contribution < 1.29 is 4.74 Å². The summed E-state index contributed by atoms with van der Waals surface area (Å²) in [5, 5.41) is 1.01. The van der Waals surface area contributed by atoms with Crippen LogP contribution in [0.3, 0.4) is 0 Å². The van der Waals surface area contributed by atoms with Crippen LogP contribution in [0, 0.1) is 11.8 Å². The fraction of sp³-hybridized carbons (Fsp3) is 1.00. The van der Waals surface area contributed by atoms with Gasteiger partial charge in [-0.15, -0.1) is 0 Å². The molecule has 0 aromatic rings. The average molecular weight is 275 g/mol. The van der Waals surface area contributed by atoms with Gasteiger partial charge in [-0.05, 0) is 43.9 Å². The van der Waals surface area contributed by atoms with E-state index >= 15 is 0 Å². The number of halogens is 1. The van der Waals surface area contributed by atoms with Crippen molar-refractivity contribution in [3.63, 3.8) is 0 Å². The van der Waals surface area contributed by atoms with E-state index < -0.39 is 0 Å². The van der Waals surface area contributed by atoms with Crippen molar-refractivity contribution in [1.29, 1.82) is 0 Å². The summed E-state index contributed by atoms with van der Waals surface area (Å²) in [6.45, 7) is 4.72. The molecule has 0 aromatic carbocycles. The zero-order chi connectivity index (χ0) is 10.9. The standard InChI is InChI=1S/C13H23BrO/c1-10(2)11-4-3-6-13(8-11)7-5-12(9-14)15-13/h10-12H,3-9H2,1-2H3. The van der Waals surface area contributed by atoms with Crippen LogP contribution < -0.4 is 0 Å². The highest BCUT2D eigenvalue weighted by atomic mass is 79.9. The van der Waals surface area contributed by atoms with E-state index in [4.69, 9.17) is 4.74 Å². The molecule has 1 spiro atoms. The molecule has 2 fully saturated rings. The quantitative estimate of drug-likeness (QED) is 0.688. The number of hydrogen-bond donors (Lipinski definition) is 0. The second-order valence-corrected chi connectivity index (χ2v) is 6.36. The van der Waals surface area contributed by atoms with Gasteiger partial charge < -0.3 is 4.74 Å². The van der Waals surface area contributed by atoms with Gasteiger partial charge in [0.2, 0.25) is 0 Å². The Labute approximate surface area is 102 Å². The Kier molecular flexibility index (Phi) is 3.77. The zero-order valence-corrected chi connectivity index (χ0v) is 11.6. The Morgan fingerprint density at radius 2 is 2.13 bits per heavy atom. The Balaban J connectivity index is 1.97. The lowest BCUT2D eigenvalue weighted by molar-refractivity contribution is -0.0734. The van der Waals surface area contributed by atoms with Crippen molar-refractivity contribution >= 4 is 15.9 Å². The zero-order valence-electron chi connectivity index (χ0n) is 9.97. The summed E-state index contributed by atoms with van der Waals surface area (Å²) < 4.78 is 6.27. The van der Waals surface area contributed by atoms with E-state index in [0.29, 0.717) is 6.10 Å². The predicted octanol–water partition coefficient (Wildman–Crippen LogP) is 4.15. The first-order valence-electron chi connectivity index (χ1n) is 6.39. The van der Waals surface area contributed by atoms with Gasteiger partial charge in [0.25, 0.3) is 0 Å². The Morgan fingerprint density at radius 1 is 1.33 bits per heavy atom. The molecule has 1 saturated carbocycles. The van der Waals surface area contributed by atoms with E-state index in [1.807, 2.05) is 0 Å². The van der Waals surface area contributed by atoms with Crippen molar-refractivity contribution in [2.24, 2.45) is 11.8 Å². The van der Waals surface area contributed by atoms with Crippen LogP contribution in [0.1, 0.15) is 52.4 Å². The SMILES string of the molecule is CC(C)C1CCCC2(CCC(CBr)O2)C1. The topological polar surface area (TPSA) is 9.23 Å². The molecule has 1 saturated heterocycles. The monoisotopic (exact) mass is 274 g/mol. The molecule has 1 aliphatic heterocycles. The maximum Gasteiger partial charge on any atom is 0.0690 e. The minimum Gasteiger partial charge on any atom is -0.371 e. The van der Waals surface area contributed by atoms with Crippen LogP contribution >= 0.6 is 15.9 Å². The summed E-state index contributed by atoms with van der Waals surface area (Å²) in [6, 6.07) is 0. The molecular formula is C13H23BrO. The molecular weight excluding hydrogens is 252 g/mol. The molecule has 0 amide bonds. The Morgan fingerprint density at radius 3 is 2.73 bits per heavy atom. The van der Waals surface area contributed by atoms with E-state index in [2.05, 4.69) is 29.8 Å². The first-order valence-corrected chi connectivity index (χ1v) is 7.51. The molecule has 1 nitrogen and oxygen atoms in total. The summed E-state index contributed by atoms with van der Waals surface area (Å²) in [5.74, 6) is 1.72. The molecule has 0 aromatic heterocycles. The number of rotatable bonds is 2. The Bertz CT molecular complexity index is 217. The lowest BCUT2D eigenvalue weighted by Crippen LogP contribution is -2.37. The average Bonchev–Trinajstić information content (AvgIpc) is 2.61. The van der Waals surface area contributed by atoms with E-state index in [1.165, 1.54) is 38.5 Å². The van der Waals surface area contributed by atoms with Crippen LogP contribution in [0.25, 0.3) is 0 Å². The van der Waals surface area contributed by atoms with Crippen LogP contribution in [0.5, 0.6) is 0 Å². The largest absolute Gasteiger partial charge is 0.371 e. The number of hydrogen-bond acceptors (Lipinski definition) is 1. The second kappa shape index (κ2) is 4.75. The van der Waals surface area contributed by atoms with Crippen LogP contribution in [0.15, 0.2) is 0 Å². The van der Waals surface area contributed by atoms with Crippen molar-refractivity contribution in [1.82, 2.24) is 0 Å². The van der Waals surface area contributed by atoms with Gasteiger partial charge in [0.15, 0.2) is 0 Å². The maximum absolute atomic E-state index is 6.27. The van der Waals surface area contributed by atoms with E-state index in [-0.39, 0.29) is 5.60 Å². The summed E-state index contributed by atoms with van der Waals surface area (Å²) in [5.41, 5.74) is 0.269. The molecule has 2 heteroatoms. The predicted molar refractivity (Wildman–Crippen MR) is 67.4 cm³/mol. The lowest BCUT2D eigenvalue weighted by Gasteiger charge is -2.39. The van der Waals surface area contributed by atoms with E-state index in [1.54, 1.807) is 0 Å².